The van der Waals surface area contributed by atoms with Crippen LogP contribution in [0.25, 0.3) is 0 Å². The normalized spacial score (nSPS) is 12.9. The summed E-state index contributed by atoms with van der Waals surface area (Å²) in [6.45, 7) is 4.09. The lowest BCUT2D eigenvalue weighted by atomic mass is 10.1. The Balaban J connectivity index is 2.19. The quantitative estimate of drug-likeness (QED) is 0.944. The first-order valence-electron chi connectivity index (χ1n) is 5.90. The van der Waals surface area contributed by atoms with E-state index in [-0.39, 0.29) is 6.04 Å². The van der Waals surface area contributed by atoms with Gasteiger partial charge in [0.1, 0.15) is 12.2 Å². The van der Waals surface area contributed by atoms with Gasteiger partial charge in [-0.1, -0.05) is 34.1 Å². The first kappa shape index (κ1) is 13.2. The number of aliphatic hydroxyl groups is 1. The zero-order chi connectivity index (χ0) is 13.1. The maximum Gasteiger partial charge on any atom is 0.138 e. The van der Waals surface area contributed by atoms with Crippen molar-refractivity contribution in [3.05, 3.63) is 46.5 Å². The number of nitrogens with zero attached hydrogens (tertiary/aromatic N) is 3. The summed E-state index contributed by atoms with van der Waals surface area (Å²) >= 11 is 3.45. The van der Waals surface area contributed by atoms with E-state index >= 15 is 0 Å². The lowest BCUT2D eigenvalue weighted by Gasteiger charge is -2.14. The highest BCUT2D eigenvalue weighted by Crippen LogP contribution is 2.25. The van der Waals surface area contributed by atoms with E-state index in [9.17, 15) is 5.11 Å². The van der Waals surface area contributed by atoms with E-state index in [1.54, 1.807) is 0 Å². The predicted molar refractivity (Wildman–Crippen MR) is 73.2 cm³/mol. The number of rotatable bonds is 4. The van der Waals surface area contributed by atoms with Crippen LogP contribution in [-0.2, 0) is 6.42 Å². The van der Waals surface area contributed by atoms with Gasteiger partial charge in [-0.15, -0.1) is 0 Å². The third kappa shape index (κ3) is 2.79. The van der Waals surface area contributed by atoms with Crippen LogP contribution in [-0.4, -0.2) is 19.9 Å². The van der Waals surface area contributed by atoms with Crippen LogP contribution in [0.4, 0.5) is 0 Å². The van der Waals surface area contributed by atoms with Crippen LogP contribution in [0.2, 0.25) is 0 Å². The Labute approximate surface area is 115 Å². The first-order chi connectivity index (χ1) is 8.59. The van der Waals surface area contributed by atoms with Crippen molar-refractivity contribution in [3.63, 3.8) is 0 Å². The molecule has 0 aliphatic carbocycles. The molecule has 96 valence electrons. The van der Waals surface area contributed by atoms with Crippen molar-refractivity contribution in [3.8, 4) is 0 Å². The van der Waals surface area contributed by atoms with Crippen molar-refractivity contribution in [1.29, 1.82) is 0 Å². The summed E-state index contributed by atoms with van der Waals surface area (Å²) in [6.07, 6.45) is 1.41. The van der Waals surface area contributed by atoms with Crippen molar-refractivity contribution >= 4 is 15.9 Å². The number of benzene rings is 1. The number of hydrogen-bond acceptors (Lipinski definition) is 3. The Morgan fingerprint density at radius 1 is 1.33 bits per heavy atom. The molecule has 1 aromatic carbocycles. The molecule has 1 heterocycles. The van der Waals surface area contributed by atoms with Gasteiger partial charge in [0.25, 0.3) is 0 Å². The van der Waals surface area contributed by atoms with E-state index in [1.165, 1.54) is 6.33 Å². The first-order valence-corrected chi connectivity index (χ1v) is 6.69. The Morgan fingerprint density at radius 3 is 2.72 bits per heavy atom. The average molecular weight is 310 g/mol. The van der Waals surface area contributed by atoms with E-state index in [0.29, 0.717) is 6.42 Å². The molecule has 1 atom stereocenters. The summed E-state index contributed by atoms with van der Waals surface area (Å²) in [5.74, 6) is 0.799. The van der Waals surface area contributed by atoms with Crippen LogP contribution in [0.1, 0.15) is 37.4 Å². The zero-order valence-electron chi connectivity index (χ0n) is 10.4. The number of aromatic nitrogens is 3. The van der Waals surface area contributed by atoms with Crippen LogP contribution in [0.15, 0.2) is 35.1 Å². The van der Waals surface area contributed by atoms with Gasteiger partial charge in [-0.2, -0.15) is 5.10 Å². The molecular weight excluding hydrogens is 294 g/mol. The van der Waals surface area contributed by atoms with Crippen LogP contribution >= 0.6 is 15.9 Å². The summed E-state index contributed by atoms with van der Waals surface area (Å²) in [7, 11) is 0. The van der Waals surface area contributed by atoms with E-state index in [0.717, 1.165) is 15.9 Å². The third-order valence-electron chi connectivity index (χ3n) is 2.78. The molecule has 18 heavy (non-hydrogen) atoms. The highest BCUT2D eigenvalue weighted by molar-refractivity contribution is 9.10. The van der Waals surface area contributed by atoms with Crippen LogP contribution < -0.4 is 0 Å². The van der Waals surface area contributed by atoms with Gasteiger partial charge in [-0.05, 0) is 25.5 Å². The summed E-state index contributed by atoms with van der Waals surface area (Å²) in [6, 6.07) is 7.91. The molecule has 0 radical (unpaired) electrons. The maximum absolute atomic E-state index is 10.3. The van der Waals surface area contributed by atoms with E-state index in [2.05, 4.69) is 26.0 Å². The average Bonchev–Trinajstić information content (AvgIpc) is 2.77. The topological polar surface area (TPSA) is 50.9 Å². The highest BCUT2D eigenvalue weighted by atomic mass is 79.9. The Bertz CT molecular complexity index is 524. The molecule has 1 unspecified atom stereocenters. The number of aliphatic hydroxyl groups excluding tert-OH is 1. The van der Waals surface area contributed by atoms with E-state index < -0.39 is 6.10 Å². The molecule has 2 rings (SSSR count). The van der Waals surface area contributed by atoms with Gasteiger partial charge < -0.3 is 5.11 Å². The Kier molecular flexibility index (Phi) is 4.14. The summed E-state index contributed by atoms with van der Waals surface area (Å²) in [5, 5.41) is 14.4. The second-order valence-corrected chi connectivity index (χ2v) is 5.31. The van der Waals surface area contributed by atoms with Crippen molar-refractivity contribution < 1.29 is 5.11 Å². The fourth-order valence-electron chi connectivity index (χ4n) is 1.88. The molecule has 0 bridgehead atoms. The molecular formula is C13H16BrN3O. The largest absolute Gasteiger partial charge is 0.388 e. The monoisotopic (exact) mass is 309 g/mol. The fourth-order valence-corrected chi connectivity index (χ4v) is 2.43. The highest BCUT2D eigenvalue weighted by Gasteiger charge is 2.16. The molecule has 4 nitrogen and oxygen atoms in total. The van der Waals surface area contributed by atoms with E-state index in [1.807, 2.05) is 42.8 Å². The van der Waals surface area contributed by atoms with Gasteiger partial charge in [-0.3, -0.25) is 0 Å². The number of halogens is 1. The maximum atomic E-state index is 10.3. The summed E-state index contributed by atoms with van der Waals surface area (Å²) in [4.78, 5) is 4.21. The van der Waals surface area contributed by atoms with Gasteiger partial charge in [0, 0.05) is 16.9 Å². The molecule has 0 amide bonds. The van der Waals surface area contributed by atoms with Gasteiger partial charge in [0.15, 0.2) is 0 Å². The lowest BCUT2D eigenvalue weighted by Crippen LogP contribution is -2.12. The standard InChI is InChI=1S/C13H16BrN3O/c1-9(2)17-13(15-8-16-17)7-12(18)10-5-3-4-6-11(10)14/h3-6,8-9,12,18H,7H2,1-2H3. The van der Waals surface area contributed by atoms with Crippen molar-refractivity contribution in [2.45, 2.75) is 32.4 Å². The van der Waals surface area contributed by atoms with Crippen LogP contribution in [0, 0.1) is 0 Å². The molecule has 0 saturated heterocycles. The SMILES string of the molecule is CC(C)n1ncnc1CC(O)c1ccccc1Br. The second-order valence-electron chi connectivity index (χ2n) is 4.46. The summed E-state index contributed by atoms with van der Waals surface area (Å²) < 4.78 is 2.74. The smallest absolute Gasteiger partial charge is 0.138 e. The van der Waals surface area contributed by atoms with Crippen LogP contribution in [0.3, 0.4) is 0 Å². The number of hydrogen-bond donors (Lipinski definition) is 1. The molecule has 1 aromatic heterocycles. The third-order valence-corrected chi connectivity index (χ3v) is 3.50. The zero-order valence-corrected chi connectivity index (χ0v) is 12.0. The van der Waals surface area contributed by atoms with Gasteiger partial charge >= 0.3 is 0 Å². The molecule has 0 fully saturated rings. The molecule has 0 aliphatic heterocycles. The van der Waals surface area contributed by atoms with E-state index in [4.69, 9.17) is 0 Å². The fraction of sp³-hybridized carbons (Fsp3) is 0.385. The molecule has 0 spiro atoms. The molecule has 0 aliphatic rings. The van der Waals surface area contributed by atoms with Gasteiger partial charge in [0.05, 0.1) is 6.10 Å². The van der Waals surface area contributed by atoms with Crippen molar-refractivity contribution in [2.24, 2.45) is 0 Å². The minimum Gasteiger partial charge on any atom is -0.388 e. The lowest BCUT2D eigenvalue weighted by molar-refractivity contribution is 0.172. The van der Waals surface area contributed by atoms with Crippen molar-refractivity contribution in [2.75, 3.05) is 0 Å². The van der Waals surface area contributed by atoms with Gasteiger partial charge in [0.2, 0.25) is 0 Å². The van der Waals surface area contributed by atoms with Crippen molar-refractivity contribution in [1.82, 2.24) is 14.8 Å². The molecule has 2 aromatic rings. The Morgan fingerprint density at radius 2 is 2.06 bits per heavy atom. The second kappa shape index (κ2) is 5.63. The minimum atomic E-state index is -0.581. The Hall–Kier alpha value is -1.20. The minimum absolute atomic E-state index is 0.244. The van der Waals surface area contributed by atoms with Crippen LogP contribution in [0.5, 0.6) is 0 Å². The molecule has 5 heteroatoms. The molecule has 1 N–H and O–H groups in total. The predicted octanol–water partition coefficient (Wildman–Crippen LogP) is 2.90. The molecule has 0 saturated carbocycles. The van der Waals surface area contributed by atoms with Gasteiger partial charge in [-0.25, -0.2) is 9.67 Å². The summed E-state index contributed by atoms with van der Waals surface area (Å²) in [5.41, 5.74) is 0.871.